The maximum Gasteiger partial charge on any atom is 0.319 e. The average molecular weight is 587 g/mol. The van der Waals surface area contributed by atoms with E-state index in [4.69, 9.17) is 32.9 Å². The summed E-state index contributed by atoms with van der Waals surface area (Å²) >= 11 is 8.67. The van der Waals surface area contributed by atoms with Crippen molar-refractivity contribution in [1.29, 1.82) is 0 Å². The number of rotatable bonds is 7. The Morgan fingerprint density at radius 2 is 2.07 bits per heavy atom. The predicted molar refractivity (Wildman–Crippen MR) is 166 cm³/mol. The zero-order valence-corrected chi connectivity index (χ0v) is 24.5. The molecule has 0 bridgehead atoms. The molecule has 2 aliphatic rings. The minimum atomic E-state index is -0.279. The van der Waals surface area contributed by atoms with Gasteiger partial charge in [-0.05, 0) is 67.7 Å². The number of amides is 1. The van der Waals surface area contributed by atoms with Gasteiger partial charge in [0, 0.05) is 51.7 Å². The minimum absolute atomic E-state index is 0.161. The van der Waals surface area contributed by atoms with Crippen LogP contribution in [0.5, 0.6) is 6.01 Å². The van der Waals surface area contributed by atoms with Crippen molar-refractivity contribution < 1.29 is 9.53 Å². The molecule has 2 aromatic heterocycles. The highest BCUT2D eigenvalue weighted by Crippen LogP contribution is 2.40. The fraction of sp³-hybridized carbons (Fsp3) is 0.355. The summed E-state index contributed by atoms with van der Waals surface area (Å²) < 4.78 is 7.44. The molecule has 0 radical (unpaired) electrons. The van der Waals surface area contributed by atoms with E-state index in [0.29, 0.717) is 49.1 Å². The van der Waals surface area contributed by atoms with E-state index in [2.05, 4.69) is 51.9 Å². The van der Waals surface area contributed by atoms with Crippen LogP contribution in [-0.2, 0) is 4.79 Å². The summed E-state index contributed by atoms with van der Waals surface area (Å²) in [6, 6.07) is 12.7. The number of thiophene rings is 1. The van der Waals surface area contributed by atoms with Gasteiger partial charge in [-0.3, -0.25) is 4.79 Å². The van der Waals surface area contributed by atoms with Crippen LogP contribution in [0.4, 0.5) is 5.82 Å². The number of nitrogens with zero attached hydrogens (tertiary/aromatic N) is 6. The van der Waals surface area contributed by atoms with Crippen LogP contribution < -0.4 is 9.64 Å². The van der Waals surface area contributed by atoms with Gasteiger partial charge in [0.25, 0.3) is 0 Å². The molecule has 1 amide bonds. The molecular weight excluding hydrogens is 556 g/mol. The second-order valence-electron chi connectivity index (χ2n) is 10.6. The van der Waals surface area contributed by atoms with Crippen LogP contribution in [0, 0.1) is 6.57 Å². The lowest BCUT2D eigenvalue weighted by Crippen LogP contribution is -2.56. The van der Waals surface area contributed by atoms with E-state index in [1.165, 1.54) is 10.8 Å². The maximum absolute atomic E-state index is 12.5. The Kier molecular flexibility index (Phi) is 7.80. The van der Waals surface area contributed by atoms with E-state index in [0.717, 1.165) is 46.8 Å². The number of fused-ring (bicyclic) bond motifs is 2. The fourth-order valence-corrected chi connectivity index (χ4v) is 7.01. The highest BCUT2D eigenvalue weighted by atomic mass is 35.5. The van der Waals surface area contributed by atoms with E-state index in [1.807, 2.05) is 18.2 Å². The summed E-state index contributed by atoms with van der Waals surface area (Å²) in [5, 5.41) is 4.66. The lowest BCUT2D eigenvalue weighted by Gasteiger charge is -2.39. The molecule has 2 aromatic carbocycles. The average Bonchev–Trinajstić information content (AvgIpc) is 3.64. The van der Waals surface area contributed by atoms with Crippen LogP contribution in [0.3, 0.4) is 0 Å². The van der Waals surface area contributed by atoms with Gasteiger partial charge in [-0.2, -0.15) is 9.97 Å². The first kappa shape index (κ1) is 27.5. The number of piperazine rings is 1. The molecule has 0 saturated carbocycles. The molecule has 4 aromatic rings. The zero-order valence-electron chi connectivity index (χ0n) is 22.9. The fourth-order valence-electron chi connectivity index (χ4n) is 5.93. The van der Waals surface area contributed by atoms with Crippen molar-refractivity contribution in [2.45, 2.75) is 24.9 Å². The maximum atomic E-state index is 12.5. The number of hydrogen-bond donors (Lipinski definition) is 0. The number of hydrogen-bond acceptors (Lipinski definition) is 7. The number of likely N-dealkylation sites (N-methyl/N-ethyl adjacent to an activating group) is 1. The van der Waals surface area contributed by atoms with Gasteiger partial charge in [0.05, 0.1) is 5.52 Å². The predicted octanol–water partition coefficient (Wildman–Crippen LogP) is 5.76. The van der Waals surface area contributed by atoms with Crippen LogP contribution >= 0.6 is 22.9 Å². The minimum Gasteiger partial charge on any atom is -0.462 e. The molecule has 210 valence electrons. The first-order valence-electron chi connectivity index (χ1n) is 13.8. The largest absolute Gasteiger partial charge is 0.462 e. The molecule has 0 aliphatic carbocycles. The molecule has 10 heteroatoms. The van der Waals surface area contributed by atoms with Crippen molar-refractivity contribution in [1.82, 2.24) is 19.8 Å². The van der Waals surface area contributed by atoms with Crippen molar-refractivity contribution >= 4 is 55.7 Å². The van der Waals surface area contributed by atoms with Gasteiger partial charge in [-0.1, -0.05) is 30.3 Å². The van der Waals surface area contributed by atoms with Gasteiger partial charge >= 0.3 is 6.01 Å². The monoisotopic (exact) mass is 586 g/mol. The number of anilines is 1. The summed E-state index contributed by atoms with van der Waals surface area (Å²) in [5.74, 6) is 0.540. The second kappa shape index (κ2) is 11.6. The number of carbonyl (C=O) groups excluding carboxylic acids is 1. The van der Waals surface area contributed by atoms with E-state index in [-0.39, 0.29) is 18.5 Å². The van der Waals surface area contributed by atoms with Crippen LogP contribution in [0.25, 0.3) is 37.0 Å². The van der Waals surface area contributed by atoms with E-state index in [9.17, 15) is 4.79 Å². The first-order chi connectivity index (χ1) is 20.0. The van der Waals surface area contributed by atoms with E-state index < -0.39 is 0 Å². The third-order valence-corrected chi connectivity index (χ3v) is 9.34. The topological polar surface area (TPSA) is 66.2 Å². The third-order valence-electron chi connectivity index (χ3n) is 8.15. The van der Waals surface area contributed by atoms with Crippen molar-refractivity contribution in [2.24, 2.45) is 0 Å². The molecule has 2 saturated heterocycles. The van der Waals surface area contributed by atoms with E-state index in [1.54, 1.807) is 16.2 Å². The van der Waals surface area contributed by atoms with Crippen molar-refractivity contribution in [3.8, 4) is 17.1 Å². The SMILES string of the molecule is [C-]#[N+]C[C@H]1CN(c2nc(OC[C@@H]3CCCN3C)nc3cc(-c4cccc5sccc45)c(Cl)cc23)CCN1C(=O)C=C. The summed E-state index contributed by atoms with van der Waals surface area (Å²) in [7, 11) is 2.12. The highest BCUT2D eigenvalue weighted by Gasteiger charge is 2.33. The Morgan fingerprint density at radius 1 is 1.20 bits per heavy atom. The molecule has 4 heterocycles. The lowest BCUT2D eigenvalue weighted by atomic mass is 10.00. The summed E-state index contributed by atoms with van der Waals surface area (Å²) in [4.78, 5) is 32.0. The molecule has 6 rings (SSSR count). The molecule has 0 spiro atoms. The molecule has 0 unspecified atom stereocenters. The lowest BCUT2D eigenvalue weighted by molar-refractivity contribution is -0.128. The van der Waals surface area contributed by atoms with Gasteiger partial charge in [0.15, 0.2) is 0 Å². The third kappa shape index (κ3) is 5.35. The second-order valence-corrected chi connectivity index (χ2v) is 11.9. The number of ether oxygens (including phenoxy) is 1. The normalized spacial score (nSPS) is 19.5. The summed E-state index contributed by atoms with van der Waals surface area (Å²) in [5.41, 5.74) is 2.70. The number of halogens is 1. The van der Waals surface area contributed by atoms with Gasteiger partial charge in [-0.25, -0.2) is 6.57 Å². The Balaban J connectivity index is 1.43. The molecule has 2 aliphatic heterocycles. The molecular formula is C31H31ClN6O2S. The van der Waals surface area contributed by atoms with Gasteiger partial charge in [0.2, 0.25) is 12.5 Å². The van der Waals surface area contributed by atoms with Crippen molar-refractivity contribution in [3.05, 3.63) is 70.9 Å². The number of aromatic nitrogens is 2. The Labute approximate surface area is 248 Å². The molecule has 41 heavy (non-hydrogen) atoms. The molecule has 0 N–H and O–H groups in total. The molecule has 2 atom stereocenters. The van der Waals surface area contributed by atoms with Crippen molar-refractivity contribution in [2.75, 3.05) is 51.3 Å². The highest BCUT2D eigenvalue weighted by molar-refractivity contribution is 7.17. The van der Waals surface area contributed by atoms with Crippen LogP contribution in [0.2, 0.25) is 5.02 Å². The molecule has 8 nitrogen and oxygen atoms in total. The smallest absolute Gasteiger partial charge is 0.319 e. The van der Waals surface area contributed by atoms with Gasteiger partial charge in [0.1, 0.15) is 18.5 Å². The number of likely N-dealkylation sites (tertiary alicyclic amines) is 1. The molecule has 2 fully saturated rings. The zero-order chi connectivity index (χ0) is 28.5. The van der Waals surface area contributed by atoms with E-state index >= 15 is 0 Å². The quantitative estimate of drug-likeness (QED) is 0.203. The van der Waals surface area contributed by atoms with Crippen LogP contribution in [0.15, 0.2) is 54.4 Å². The summed E-state index contributed by atoms with van der Waals surface area (Å²) in [6.45, 7) is 14.4. The van der Waals surface area contributed by atoms with Gasteiger partial charge < -0.3 is 24.3 Å². The number of carbonyl (C=O) groups is 1. The number of benzene rings is 2. The van der Waals surface area contributed by atoms with Gasteiger partial charge in [-0.15, -0.1) is 11.3 Å². The van der Waals surface area contributed by atoms with Crippen molar-refractivity contribution in [3.63, 3.8) is 0 Å². The summed E-state index contributed by atoms with van der Waals surface area (Å²) in [6.07, 6.45) is 3.55. The van der Waals surface area contributed by atoms with Crippen LogP contribution in [-0.4, -0.2) is 84.1 Å². The Hall–Kier alpha value is -3.71. The Bertz CT molecular complexity index is 1670. The van der Waals surface area contributed by atoms with Crippen LogP contribution in [0.1, 0.15) is 12.8 Å². The standard InChI is InChI=1S/C31H31ClN6O2S/c1-4-29(39)38-13-12-37(18-21(38)17-33-2)30-25-15-26(32)24(22-8-5-9-28-23(22)10-14-41-28)16-27(25)34-31(35-30)40-19-20-7-6-11-36(20)3/h4-5,8-10,14-16,20-21H,1,6-7,11-13,17-19H2,3H3/t20-,21-/m0/s1. The first-order valence-corrected chi connectivity index (χ1v) is 15.0. The Morgan fingerprint density at radius 3 is 2.85 bits per heavy atom.